The highest BCUT2D eigenvalue weighted by molar-refractivity contribution is 5.86. The summed E-state index contributed by atoms with van der Waals surface area (Å²) in [6.45, 7) is 13.8. The van der Waals surface area contributed by atoms with Crippen LogP contribution in [0.25, 0.3) is 0 Å². The average molecular weight is 254 g/mol. The molecule has 18 heavy (non-hydrogen) atoms. The van der Waals surface area contributed by atoms with Gasteiger partial charge >= 0.3 is 0 Å². The lowest BCUT2D eigenvalue weighted by molar-refractivity contribution is -0.138. The Hall–Kier alpha value is -0.570. The molecule has 0 spiro atoms. The molecule has 2 atom stereocenters. The first-order valence-electron chi connectivity index (χ1n) is 7.36. The van der Waals surface area contributed by atoms with Crippen molar-refractivity contribution >= 4 is 5.91 Å². The molecule has 1 fully saturated rings. The first-order chi connectivity index (χ1) is 8.25. The van der Waals surface area contributed by atoms with Crippen LogP contribution in [0.1, 0.15) is 67.2 Å². The van der Waals surface area contributed by atoms with E-state index in [0.29, 0.717) is 6.04 Å². The molecule has 1 rings (SSSR count). The van der Waals surface area contributed by atoms with Crippen LogP contribution in [0.4, 0.5) is 0 Å². The molecule has 0 aromatic carbocycles. The van der Waals surface area contributed by atoms with Gasteiger partial charge in [0.25, 0.3) is 0 Å². The van der Waals surface area contributed by atoms with E-state index in [2.05, 4.69) is 44.8 Å². The summed E-state index contributed by atoms with van der Waals surface area (Å²) in [6.07, 6.45) is 4.08. The zero-order valence-corrected chi connectivity index (χ0v) is 13.0. The number of rotatable bonds is 4. The van der Waals surface area contributed by atoms with E-state index in [9.17, 15) is 4.79 Å². The van der Waals surface area contributed by atoms with Gasteiger partial charge in [0.1, 0.15) is 0 Å². The molecule has 0 aromatic rings. The van der Waals surface area contributed by atoms with Gasteiger partial charge in [-0.25, -0.2) is 0 Å². The van der Waals surface area contributed by atoms with Gasteiger partial charge in [0, 0.05) is 18.1 Å². The Labute approximate surface area is 112 Å². The van der Waals surface area contributed by atoms with E-state index in [1.807, 2.05) is 6.92 Å². The van der Waals surface area contributed by atoms with Crippen LogP contribution in [0.2, 0.25) is 0 Å². The summed E-state index contributed by atoms with van der Waals surface area (Å²) in [4.78, 5) is 14.9. The van der Waals surface area contributed by atoms with E-state index in [4.69, 9.17) is 0 Å². The SMILES string of the molecule is CCCCN1C(=O)C(C)(CC)NC(C)(C)CC1C. The Kier molecular flexibility index (Phi) is 4.82. The fraction of sp³-hybridized carbons (Fsp3) is 0.933. The van der Waals surface area contributed by atoms with Crippen molar-refractivity contribution in [2.24, 2.45) is 0 Å². The molecule has 2 unspecified atom stereocenters. The largest absolute Gasteiger partial charge is 0.338 e. The van der Waals surface area contributed by atoms with Crippen LogP contribution in [-0.4, -0.2) is 34.5 Å². The smallest absolute Gasteiger partial charge is 0.242 e. The number of nitrogens with one attached hydrogen (secondary N) is 1. The third-order valence-corrected chi connectivity index (χ3v) is 4.14. The normalized spacial score (nSPS) is 32.4. The Bertz CT molecular complexity index is 301. The standard InChI is InChI=1S/C15H30N2O/c1-7-9-10-17-12(3)11-14(4,5)16-15(6,8-2)13(17)18/h12,16H,7-11H2,1-6H3. The van der Waals surface area contributed by atoms with Crippen LogP contribution < -0.4 is 5.32 Å². The summed E-state index contributed by atoms with van der Waals surface area (Å²) in [7, 11) is 0. The Morgan fingerprint density at radius 1 is 1.33 bits per heavy atom. The molecule has 1 N–H and O–H groups in total. The van der Waals surface area contributed by atoms with E-state index in [-0.39, 0.29) is 11.4 Å². The quantitative estimate of drug-likeness (QED) is 0.836. The summed E-state index contributed by atoms with van der Waals surface area (Å²) in [6, 6.07) is 0.319. The first-order valence-corrected chi connectivity index (χ1v) is 7.36. The van der Waals surface area contributed by atoms with Crippen LogP contribution >= 0.6 is 0 Å². The Balaban J connectivity index is 3.00. The summed E-state index contributed by atoms with van der Waals surface area (Å²) < 4.78 is 0. The second kappa shape index (κ2) is 5.60. The fourth-order valence-electron chi connectivity index (χ4n) is 3.11. The molecule has 0 bridgehead atoms. The van der Waals surface area contributed by atoms with Gasteiger partial charge in [-0.05, 0) is 47.0 Å². The van der Waals surface area contributed by atoms with Crippen molar-refractivity contribution in [3.63, 3.8) is 0 Å². The molecule has 106 valence electrons. The highest BCUT2D eigenvalue weighted by Crippen LogP contribution is 2.28. The van der Waals surface area contributed by atoms with Crippen LogP contribution in [0.15, 0.2) is 0 Å². The molecule has 3 nitrogen and oxygen atoms in total. The first kappa shape index (κ1) is 15.5. The third-order valence-electron chi connectivity index (χ3n) is 4.14. The molecular weight excluding hydrogens is 224 g/mol. The zero-order chi connectivity index (χ0) is 14.0. The van der Waals surface area contributed by atoms with Crippen molar-refractivity contribution in [2.75, 3.05) is 6.54 Å². The van der Waals surface area contributed by atoms with Crippen molar-refractivity contribution in [1.29, 1.82) is 0 Å². The molecule has 0 aromatic heterocycles. The monoisotopic (exact) mass is 254 g/mol. The third kappa shape index (κ3) is 3.25. The fourth-order valence-corrected chi connectivity index (χ4v) is 3.11. The Morgan fingerprint density at radius 3 is 2.44 bits per heavy atom. The number of hydrogen-bond acceptors (Lipinski definition) is 2. The van der Waals surface area contributed by atoms with Gasteiger partial charge in [-0.1, -0.05) is 20.3 Å². The van der Waals surface area contributed by atoms with Gasteiger partial charge in [0.05, 0.1) is 5.54 Å². The van der Waals surface area contributed by atoms with Crippen LogP contribution in [-0.2, 0) is 4.79 Å². The minimum atomic E-state index is -0.415. The molecule has 0 aliphatic carbocycles. The predicted molar refractivity (Wildman–Crippen MR) is 76.6 cm³/mol. The van der Waals surface area contributed by atoms with Crippen molar-refractivity contribution in [3.05, 3.63) is 0 Å². The number of nitrogens with zero attached hydrogens (tertiary/aromatic N) is 1. The maximum atomic E-state index is 12.8. The second-order valence-electron chi connectivity index (χ2n) is 6.60. The summed E-state index contributed by atoms with van der Waals surface area (Å²) in [5.41, 5.74) is -0.400. The van der Waals surface area contributed by atoms with Crippen LogP contribution in [0.5, 0.6) is 0 Å². The molecule has 0 saturated carbocycles. The maximum Gasteiger partial charge on any atom is 0.242 e. The Morgan fingerprint density at radius 2 is 1.94 bits per heavy atom. The van der Waals surface area contributed by atoms with Gasteiger partial charge in [-0.15, -0.1) is 0 Å². The summed E-state index contributed by atoms with van der Waals surface area (Å²) in [5, 5.41) is 3.58. The van der Waals surface area contributed by atoms with E-state index in [1.54, 1.807) is 0 Å². The molecule has 1 aliphatic heterocycles. The van der Waals surface area contributed by atoms with Gasteiger partial charge in [0.15, 0.2) is 0 Å². The van der Waals surface area contributed by atoms with Gasteiger partial charge in [-0.2, -0.15) is 0 Å². The maximum absolute atomic E-state index is 12.8. The number of carbonyl (C=O) groups excluding carboxylic acids is 1. The lowest BCUT2D eigenvalue weighted by Crippen LogP contribution is -2.58. The lowest BCUT2D eigenvalue weighted by atomic mass is 9.91. The minimum Gasteiger partial charge on any atom is -0.338 e. The average Bonchev–Trinajstić information content (AvgIpc) is 2.32. The van der Waals surface area contributed by atoms with Crippen molar-refractivity contribution < 1.29 is 4.79 Å². The topological polar surface area (TPSA) is 32.3 Å². The number of unbranched alkanes of at least 4 members (excludes halogenated alkanes) is 1. The number of amides is 1. The molecule has 1 amide bonds. The van der Waals surface area contributed by atoms with E-state index >= 15 is 0 Å². The van der Waals surface area contributed by atoms with E-state index in [0.717, 1.165) is 32.2 Å². The predicted octanol–water partition coefficient (Wildman–Crippen LogP) is 2.94. The van der Waals surface area contributed by atoms with Crippen LogP contribution in [0.3, 0.4) is 0 Å². The lowest BCUT2D eigenvalue weighted by Gasteiger charge is -2.36. The number of hydrogen-bond donors (Lipinski definition) is 1. The van der Waals surface area contributed by atoms with Crippen molar-refractivity contribution in [1.82, 2.24) is 10.2 Å². The van der Waals surface area contributed by atoms with Gasteiger partial charge in [0.2, 0.25) is 5.91 Å². The van der Waals surface area contributed by atoms with Gasteiger partial charge < -0.3 is 4.90 Å². The van der Waals surface area contributed by atoms with Crippen molar-refractivity contribution in [2.45, 2.75) is 84.3 Å². The highest BCUT2D eigenvalue weighted by atomic mass is 16.2. The van der Waals surface area contributed by atoms with E-state index in [1.165, 1.54) is 0 Å². The van der Waals surface area contributed by atoms with Gasteiger partial charge in [-0.3, -0.25) is 10.1 Å². The molecule has 1 heterocycles. The van der Waals surface area contributed by atoms with Crippen LogP contribution in [0, 0.1) is 0 Å². The second-order valence-corrected chi connectivity index (χ2v) is 6.60. The van der Waals surface area contributed by atoms with E-state index < -0.39 is 5.54 Å². The summed E-state index contributed by atoms with van der Waals surface area (Å²) in [5.74, 6) is 0.275. The molecule has 0 radical (unpaired) electrons. The molecule has 1 aliphatic rings. The van der Waals surface area contributed by atoms with Crippen molar-refractivity contribution in [3.8, 4) is 0 Å². The minimum absolute atomic E-state index is 0.0147. The highest BCUT2D eigenvalue weighted by Gasteiger charge is 2.44. The molecule has 3 heteroatoms. The number of carbonyl (C=O) groups is 1. The zero-order valence-electron chi connectivity index (χ0n) is 13.0. The molecular formula is C15H30N2O. The summed E-state index contributed by atoms with van der Waals surface area (Å²) >= 11 is 0. The molecule has 1 saturated heterocycles.